The van der Waals surface area contributed by atoms with Gasteiger partial charge < -0.3 is 5.32 Å². The summed E-state index contributed by atoms with van der Waals surface area (Å²) in [6.07, 6.45) is 0. The van der Waals surface area contributed by atoms with Crippen LogP contribution in [0.3, 0.4) is 0 Å². The minimum Gasteiger partial charge on any atom is -0.321 e. The van der Waals surface area contributed by atoms with Crippen molar-refractivity contribution in [2.45, 2.75) is 20.8 Å². The second kappa shape index (κ2) is 5.32. The molecule has 4 nitrogen and oxygen atoms in total. The number of benzene rings is 1. The number of nitrogens with one attached hydrogen (secondary N) is 1. The van der Waals surface area contributed by atoms with E-state index in [1.807, 2.05) is 19.1 Å². The predicted molar refractivity (Wildman–Crippen MR) is 76.0 cm³/mol. The third kappa shape index (κ3) is 2.71. The van der Waals surface area contributed by atoms with E-state index in [1.54, 1.807) is 18.5 Å². The first-order valence-electron chi connectivity index (χ1n) is 5.82. The number of carbonyl (C=O) groups excluding carboxylic acids is 2. The van der Waals surface area contributed by atoms with Crippen LogP contribution in [0.1, 0.15) is 38.2 Å². The van der Waals surface area contributed by atoms with Crippen molar-refractivity contribution in [3.05, 3.63) is 45.4 Å². The maximum absolute atomic E-state index is 12.1. The third-order valence-electron chi connectivity index (χ3n) is 2.82. The predicted octanol–water partition coefficient (Wildman–Crippen LogP) is 3.21. The fraction of sp³-hybridized carbons (Fsp3) is 0.214. The van der Waals surface area contributed by atoms with Gasteiger partial charge in [-0.1, -0.05) is 12.1 Å². The molecule has 0 aliphatic rings. The van der Waals surface area contributed by atoms with E-state index in [0.29, 0.717) is 21.8 Å². The monoisotopic (exact) mass is 274 g/mol. The summed E-state index contributed by atoms with van der Waals surface area (Å²) >= 11 is 1.29. The van der Waals surface area contributed by atoms with Gasteiger partial charge in [-0.15, -0.1) is 11.3 Å². The molecule has 0 aliphatic heterocycles. The van der Waals surface area contributed by atoms with Gasteiger partial charge in [0.1, 0.15) is 4.88 Å². The van der Waals surface area contributed by atoms with Crippen molar-refractivity contribution in [2.24, 2.45) is 0 Å². The number of hydrogen-bond acceptors (Lipinski definition) is 4. The van der Waals surface area contributed by atoms with Crippen molar-refractivity contribution in [1.82, 2.24) is 4.98 Å². The SMILES string of the molecule is CC(=O)c1c(C)cccc1NC(=O)c1scnc1C. The van der Waals surface area contributed by atoms with Gasteiger partial charge in [-0.2, -0.15) is 0 Å². The summed E-state index contributed by atoms with van der Waals surface area (Å²) in [6, 6.07) is 5.40. The van der Waals surface area contributed by atoms with Crippen LogP contribution in [0.25, 0.3) is 0 Å². The highest BCUT2D eigenvalue weighted by molar-refractivity contribution is 7.12. The highest BCUT2D eigenvalue weighted by Gasteiger charge is 2.16. The number of hydrogen-bond donors (Lipinski definition) is 1. The van der Waals surface area contributed by atoms with Crippen LogP contribution in [0.15, 0.2) is 23.7 Å². The number of nitrogens with zero attached hydrogens (tertiary/aromatic N) is 1. The van der Waals surface area contributed by atoms with Crippen LogP contribution in [0.4, 0.5) is 5.69 Å². The average Bonchev–Trinajstić information content (AvgIpc) is 2.75. The topological polar surface area (TPSA) is 59.1 Å². The zero-order chi connectivity index (χ0) is 14.0. The molecule has 0 atom stereocenters. The fourth-order valence-corrected chi connectivity index (χ4v) is 2.64. The largest absolute Gasteiger partial charge is 0.321 e. The second-order valence-electron chi connectivity index (χ2n) is 4.27. The van der Waals surface area contributed by atoms with Gasteiger partial charge in [0.25, 0.3) is 5.91 Å². The summed E-state index contributed by atoms with van der Waals surface area (Å²) < 4.78 is 0. The lowest BCUT2D eigenvalue weighted by atomic mass is 10.0. The van der Waals surface area contributed by atoms with Gasteiger partial charge in [-0.25, -0.2) is 4.98 Å². The van der Waals surface area contributed by atoms with Crippen molar-refractivity contribution in [3.8, 4) is 0 Å². The van der Waals surface area contributed by atoms with Crippen molar-refractivity contribution in [2.75, 3.05) is 5.32 Å². The Kier molecular flexibility index (Phi) is 3.76. The lowest BCUT2D eigenvalue weighted by Crippen LogP contribution is -2.14. The highest BCUT2D eigenvalue weighted by atomic mass is 32.1. The first kappa shape index (κ1) is 13.4. The molecular weight excluding hydrogens is 260 g/mol. The number of amides is 1. The molecule has 0 saturated heterocycles. The molecule has 0 bridgehead atoms. The Morgan fingerprint density at radius 1 is 1.26 bits per heavy atom. The first-order valence-corrected chi connectivity index (χ1v) is 6.70. The van der Waals surface area contributed by atoms with Crippen LogP contribution in [-0.4, -0.2) is 16.7 Å². The summed E-state index contributed by atoms with van der Waals surface area (Å²) in [5.41, 5.74) is 4.28. The van der Waals surface area contributed by atoms with E-state index >= 15 is 0 Å². The summed E-state index contributed by atoms with van der Waals surface area (Å²) in [4.78, 5) is 28.4. The summed E-state index contributed by atoms with van der Waals surface area (Å²) in [6.45, 7) is 5.13. The van der Waals surface area contributed by atoms with Gasteiger partial charge >= 0.3 is 0 Å². The Balaban J connectivity index is 2.35. The van der Waals surface area contributed by atoms with Crippen LogP contribution in [0.2, 0.25) is 0 Å². The summed E-state index contributed by atoms with van der Waals surface area (Å²) in [5, 5.41) is 2.79. The van der Waals surface area contributed by atoms with Gasteiger partial charge in [0.15, 0.2) is 5.78 Å². The van der Waals surface area contributed by atoms with E-state index < -0.39 is 0 Å². The first-order chi connectivity index (χ1) is 9.00. The molecule has 0 saturated carbocycles. The summed E-state index contributed by atoms with van der Waals surface area (Å²) in [5.74, 6) is -0.289. The van der Waals surface area contributed by atoms with Crippen molar-refractivity contribution >= 4 is 28.7 Å². The molecule has 0 aliphatic carbocycles. The number of Topliss-reactive ketones (excluding diaryl/α,β-unsaturated/α-hetero) is 1. The number of anilines is 1. The lowest BCUT2D eigenvalue weighted by molar-refractivity contribution is 0.101. The molecule has 98 valence electrons. The van der Waals surface area contributed by atoms with E-state index in [4.69, 9.17) is 0 Å². The fourth-order valence-electron chi connectivity index (χ4n) is 1.94. The number of ketones is 1. The van der Waals surface area contributed by atoms with Crippen molar-refractivity contribution in [3.63, 3.8) is 0 Å². The Morgan fingerprint density at radius 2 is 2.00 bits per heavy atom. The van der Waals surface area contributed by atoms with Crippen LogP contribution in [0, 0.1) is 13.8 Å². The van der Waals surface area contributed by atoms with Crippen molar-refractivity contribution < 1.29 is 9.59 Å². The van der Waals surface area contributed by atoms with Gasteiger partial charge in [0, 0.05) is 5.56 Å². The molecule has 1 amide bonds. The quantitative estimate of drug-likeness (QED) is 0.874. The normalized spacial score (nSPS) is 10.3. The molecule has 19 heavy (non-hydrogen) atoms. The molecule has 5 heteroatoms. The maximum atomic E-state index is 12.1. The highest BCUT2D eigenvalue weighted by Crippen LogP contribution is 2.22. The van der Waals surface area contributed by atoms with Crippen LogP contribution < -0.4 is 5.32 Å². The van der Waals surface area contributed by atoms with Gasteiger partial charge in [0.2, 0.25) is 0 Å². The Hall–Kier alpha value is -2.01. The van der Waals surface area contributed by atoms with E-state index in [0.717, 1.165) is 5.56 Å². The Labute approximate surface area is 115 Å². The van der Waals surface area contributed by atoms with Crippen LogP contribution >= 0.6 is 11.3 Å². The van der Waals surface area contributed by atoms with E-state index in [2.05, 4.69) is 10.3 Å². The molecule has 1 aromatic carbocycles. The number of aryl methyl sites for hydroxylation is 2. The molecule has 2 aromatic rings. The Bertz CT molecular complexity index is 647. The van der Waals surface area contributed by atoms with Crippen LogP contribution in [-0.2, 0) is 0 Å². The summed E-state index contributed by atoms with van der Waals surface area (Å²) in [7, 11) is 0. The van der Waals surface area contributed by atoms with Gasteiger partial charge in [0.05, 0.1) is 16.9 Å². The molecule has 0 spiro atoms. The number of thiazole rings is 1. The third-order valence-corrected chi connectivity index (χ3v) is 3.75. The smallest absolute Gasteiger partial charge is 0.267 e. The molecule has 2 rings (SSSR count). The zero-order valence-corrected chi connectivity index (χ0v) is 11.8. The second-order valence-corrected chi connectivity index (χ2v) is 5.13. The standard InChI is InChI=1S/C14H14N2O2S/c1-8-5-4-6-11(12(8)10(3)17)16-14(18)13-9(2)15-7-19-13/h4-7H,1-3H3,(H,16,18). The molecular formula is C14H14N2O2S. The van der Waals surface area contributed by atoms with E-state index in [-0.39, 0.29) is 11.7 Å². The Morgan fingerprint density at radius 3 is 2.58 bits per heavy atom. The average molecular weight is 274 g/mol. The molecule has 0 unspecified atom stereocenters. The van der Waals surface area contributed by atoms with Gasteiger partial charge in [-0.05, 0) is 32.4 Å². The van der Waals surface area contributed by atoms with E-state index in [9.17, 15) is 9.59 Å². The van der Waals surface area contributed by atoms with Gasteiger partial charge in [-0.3, -0.25) is 9.59 Å². The van der Waals surface area contributed by atoms with Crippen molar-refractivity contribution in [1.29, 1.82) is 0 Å². The van der Waals surface area contributed by atoms with Crippen LogP contribution in [0.5, 0.6) is 0 Å². The number of rotatable bonds is 3. The minimum atomic E-state index is -0.229. The molecule has 1 aromatic heterocycles. The zero-order valence-electron chi connectivity index (χ0n) is 11.0. The molecule has 0 radical (unpaired) electrons. The number of aromatic nitrogens is 1. The molecule has 0 fully saturated rings. The lowest BCUT2D eigenvalue weighted by Gasteiger charge is -2.10. The molecule has 1 heterocycles. The maximum Gasteiger partial charge on any atom is 0.267 e. The minimum absolute atomic E-state index is 0.0607. The number of carbonyl (C=O) groups is 2. The van der Waals surface area contributed by atoms with E-state index in [1.165, 1.54) is 18.3 Å². The molecule has 1 N–H and O–H groups in total.